The monoisotopic (exact) mass is 600 g/mol. The normalized spacial score (nSPS) is 22.4. The largest absolute Gasteiger partial charge is 0.481 e. The molecular weight excluding hydrogens is 556 g/mol. The highest BCUT2D eigenvalue weighted by Gasteiger charge is 2.39. The van der Waals surface area contributed by atoms with Crippen molar-refractivity contribution in [2.75, 3.05) is 19.6 Å². The number of nitrogens with zero attached hydrogens (tertiary/aromatic N) is 1. The van der Waals surface area contributed by atoms with Gasteiger partial charge in [-0.2, -0.15) is 0 Å². The number of nitrogens with one attached hydrogen (secondary N) is 1. The number of carboxylic acid groups (broad SMARTS) is 1. The fraction of sp³-hybridized carbons (Fsp3) is 0.444. The van der Waals surface area contributed by atoms with E-state index in [2.05, 4.69) is 59.6 Å². The number of aliphatic hydroxyl groups excluding tert-OH is 1. The predicted molar refractivity (Wildman–Crippen MR) is 168 cm³/mol. The van der Waals surface area contributed by atoms with Crippen molar-refractivity contribution < 1.29 is 29.3 Å². The number of amides is 1. The summed E-state index contributed by atoms with van der Waals surface area (Å²) in [5.74, 6) is -0.879. The first-order chi connectivity index (χ1) is 21.4. The molecule has 2 heterocycles. The molecule has 3 N–H and O–H groups in total. The standard InChI is InChI=1S/C36H44N2O6/c1-25-32(23-38-19-3-2-4-20-38)43-36(44-35(25)29-13-11-26(24-39)12-14-29)30-17-15-28(16-18-30)31-8-5-7-27(21-31)22-37-33(40)9-6-10-34(41)42/h5,7-8,11-18,21,25,32,35-36,39H,2-4,6,9-10,19-20,22-24H2,1H3,(H,37,40)(H,41,42)/t25-,32+,35+,36+/m1/s1. The van der Waals surface area contributed by atoms with Crippen molar-refractivity contribution in [3.63, 3.8) is 0 Å². The molecule has 0 bridgehead atoms. The van der Waals surface area contributed by atoms with Gasteiger partial charge in [-0.05, 0) is 66.2 Å². The Bertz CT molecular complexity index is 1370. The second-order valence-corrected chi connectivity index (χ2v) is 12.0. The van der Waals surface area contributed by atoms with Crippen LogP contribution in [-0.4, -0.2) is 52.7 Å². The third-order valence-corrected chi connectivity index (χ3v) is 8.74. The Morgan fingerprint density at radius 2 is 1.59 bits per heavy atom. The zero-order chi connectivity index (χ0) is 30.9. The number of aliphatic hydroxyl groups is 1. The molecular formula is C36H44N2O6. The van der Waals surface area contributed by atoms with E-state index in [1.165, 1.54) is 19.3 Å². The second kappa shape index (κ2) is 15.4. The van der Waals surface area contributed by atoms with E-state index in [4.69, 9.17) is 14.6 Å². The van der Waals surface area contributed by atoms with Crippen LogP contribution in [0.4, 0.5) is 0 Å². The summed E-state index contributed by atoms with van der Waals surface area (Å²) in [4.78, 5) is 25.3. The molecule has 8 nitrogen and oxygen atoms in total. The number of hydrogen-bond acceptors (Lipinski definition) is 6. The fourth-order valence-corrected chi connectivity index (χ4v) is 6.11. The lowest BCUT2D eigenvalue weighted by Crippen LogP contribution is -2.45. The summed E-state index contributed by atoms with van der Waals surface area (Å²) in [5.41, 5.74) is 6.00. The minimum absolute atomic E-state index is 0.00760. The maximum absolute atomic E-state index is 12.1. The highest BCUT2D eigenvalue weighted by molar-refractivity contribution is 5.76. The summed E-state index contributed by atoms with van der Waals surface area (Å²) in [5, 5.41) is 21.2. The van der Waals surface area contributed by atoms with Crippen LogP contribution in [0.25, 0.3) is 11.1 Å². The molecule has 5 rings (SSSR count). The van der Waals surface area contributed by atoms with Crippen LogP contribution >= 0.6 is 0 Å². The third-order valence-electron chi connectivity index (χ3n) is 8.74. The topological polar surface area (TPSA) is 108 Å². The molecule has 234 valence electrons. The molecule has 4 atom stereocenters. The van der Waals surface area contributed by atoms with Crippen LogP contribution in [0.5, 0.6) is 0 Å². The Kier molecular flexibility index (Phi) is 11.2. The maximum Gasteiger partial charge on any atom is 0.303 e. The van der Waals surface area contributed by atoms with Gasteiger partial charge in [-0.15, -0.1) is 0 Å². The first kappa shape index (κ1) is 31.9. The first-order valence-electron chi connectivity index (χ1n) is 15.8. The van der Waals surface area contributed by atoms with Gasteiger partial charge in [0.15, 0.2) is 6.29 Å². The molecule has 2 fully saturated rings. The van der Waals surface area contributed by atoms with Gasteiger partial charge in [-0.1, -0.05) is 80.1 Å². The molecule has 2 saturated heterocycles. The van der Waals surface area contributed by atoms with Crippen LogP contribution in [-0.2, 0) is 32.2 Å². The molecule has 2 aliphatic rings. The number of carboxylic acids is 1. The molecule has 1 amide bonds. The molecule has 8 heteroatoms. The van der Waals surface area contributed by atoms with Crippen molar-refractivity contribution >= 4 is 11.9 Å². The van der Waals surface area contributed by atoms with Gasteiger partial charge >= 0.3 is 5.97 Å². The van der Waals surface area contributed by atoms with Crippen LogP contribution in [0, 0.1) is 5.92 Å². The van der Waals surface area contributed by atoms with Crippen LogP contribution < -0.4 is 5.32 Å². The average Bonchev–Trinajstić information content (AvgIpc) is 3.05. The van der Waals surface area contributed by atoms with Gasteiger partial charge in [-0.25, -0.2) is 0 Å². The van der Waals surface area contributed by atoms with E-state index in [9.17, 15) is 14.7 Å². The molecule has 0 radical (unpaired) electrons. The van der Waals surface area contributed by atoms with Crippen LogP contribution in [0.2, 0.25) is 0 Å². The minimum Gasteiger partial charge on any atom is -0.481 e. The van der Waals surface area contributed by atoms with E-state index in [0.29, 0.717) is 13.0 Å². The van der Waals surface area contributed by atoms with Gasteiger partial charge < -0.3 is 29.9 Å². The lowest BCUT2D eigenvalue weighted by Gasteiger charge is -2.43. The predicted octanol–water partition coefficient (Wildman–Crippen LogP) is 5.99. The summed E-state index contributed by atoms with van der Waals surface area (Å²) in [6.07, 6.45) is 3.66. The Morgan fingerprint density at radius 3 is 2.30 bits per heavy atom. The molecule has 2 aliphatic heterocycles. The lowest BCUT2D eigenvalue weighted by atomic mass is 9.89. The number of likely N-dealkylation sites (tertiary alicyclic amines) is 1. The molecule has 3 aromatic rings. The van der Waals surface area contributed by atoms with Gasteiger partial charge in [0.25, 0.3) is 0 Å². The zero-order valence-corrected chi connectivity index (χ0v) is 25.5. The summed E-state index contributed by atoms with van der Waals surface area (Å²) in [6.45, 7) is 5.71. The van der Waals surface area contributed by atoms with Crippen LogP contribution in [0.3, 0.4) is 0 Å². The molecule has 44 heavy (non-hydrogen) atoms. The summed E-state index contributed by atoms with van der Waals surface area (Å²) >= 11 is 0. The number of carbonyl (C=O) groups is 2. The van der Waals surface area contributed by atoms with Crippen molar-refractivity contribution in [3.8, 4) is 11.1 Å². The number of hydrogen-bond donors (Lipinski definition) is 3. The Morgan fingerprint density at radius 1 is 0.864 bits per heavy atom. The molecule has 0 unspecified atom stereocenters. The Hall–Kier alpha value is -3.56. The summed E-state index contributed by atoms with van der Waals surface area (Å²) < 4.78 is 13.3. The smallest absolute Gasteiger partial charge is 0.303 e. The molecule has 0 saturated carbocycles. The number of rotatable bonds is 12. The molecule has 0 spiro atoms. The van der Waals surface area contributed by atoms with E-state index in [1.807, 2.05) is 30.3 Å². The van der Waals surface area contributed by atoms with Crippen LogP contribution in [0.15, 0.2) is 72.8 Å². The van der Waals surface area contributed by atoms with E-state index in [1.54, 1.807) is 0 Å². The molecule has 0 aromatic heterocycles. The fourth-order valence-electron chi connectivity index (χ4n) is 6.11. The Labute approximate surface area is 260 Å². The first-order valence-corrected chi connectivity index (χ1v) is 15.8. The van der Waals surface area contributed by atoms with Gasteiger partial charge in [0, 0.05) is 37.4 Å². The highest BCUT2D eigenvalue weighted by atomic mass is 16.7. The zero-order valence-electron chi connectivity index (χ0n) is 25.5. The summed E-state index contributed by atoms with van der Waals surface area (Å²) in [6, 6.07) is 24.4. The van der Waals surface area contributed by atoms with E-state index in [-0.39, 0.29) is 43.5 Å². The van der Waals surface area contributed by atoms with Gasteiger partial charge in [-0.3, -0.25) is 9.59 Å². The van der Waals surface area contributed by atoms with Gasteiger partial charge in [0.05, 0.1) is 18.8 Å². The van der Waals surface area contributed by atoms with Crippen LogP contribution in [0.1, 0.15) is 80.1 Å². The highest BCUT2D eigenvalue weighted by Crippen LogP contribution is 2.42. The number of aliphatic carboxylic acids is 1. The van der Waals surface area contributed by atoms with Crippen molar-refractivity contribution in [3.05, 3.63) is 95.1 Å². The van der Waals surface area contributed by atoms with E-state index in [0.717, 1.165) is 53.0 Å². The SMILES string of the molecule is C[C@@H]1[C@H](CN2CCCCC2)O[C@H](c2ccc(-c3cccc(CNC(=O)CCCC(=O)O)c3)cc2)O[C@@H]1c1ccc(CO)cc1. The van der Waals surface area contributed by atoms with Crippen molar-refractivity contribution in [2.45, 2.75) is 77.1 Å². The lowest BCUT2D eigenvalue weighted by molar-refractivity contribution is -0.276. The average molecular weight is 601 g/mol. The third kappa shape index (κ3) is 8.54. The summed E-state index contributed by atoms with van der Waals surface area (Å²) in [7, 11) is 0. The molecule has 0 aliphatic carbocycles. The van der Waals surface area contributed by atoms with Gasteiger partial charge in [0.1, 0.15) is 0 Å². The molecule has 3 aromatic carbocycles. The number of piperidine rings is 1. The van der Waals surface area contributed by atoms with E-state index < -0.39 is 12.3 Å². The van der Waals surface area contributed by atoms with E-state index >= 15 is 0 Å². The second-order valence-electron chi connectivity index (χ2n) is 12.0. The number of ether oxygens (including phenoxy) is 2. The Balaban J connectivity index is 1.28. The number of benzene rings is 3. The maximum atomic E-state index is 12.1. The minimum atomic E-state index is -0.890. The van der Waals surface area contributed by atoms with Crippen molar-refractivity contribution in [1.29, 1.82) is 0 Å². The van der Waals surface area contributed by atoms with Gasteiger partial charge in [0.2, 0.25) is 5.91 Å². The van der Waals surface area contributed by atoms with Crippen molar-refractivity contribution in [2.24, 2.45) is 5.92 Å². The van der Waals surface area contributed by atoms with Crippen molar-refractivity contribution in [1.82, 2.24) is 10.2 Å². The quantitative estimate of drug-likeness (QED) is 0.234. The number of carbonyl (C=O) groups excluding carboxylic acids is 1.